The molecule has 1 amide bonds. The Morgan fingerprint density at radius 2 is 2.12 bits per heavy atom. The summed E-state index contributed by atoms with van der Waals surface area (Å²) in [4.78, 5) is 21.9. The number of non-ortho nitro benzene ring substituents is 1. The zero-order valence-electron chi connectivity index (χ0n) is 13.1. The van der Waals surface area contributed by atoms with E-state index in [1.54, 1.807) is 24.3 Å². The van der Waals surface area contributed by atoms with E-state index in [-0.39, 0.29) is 12.3 Å². The molecule has 0 aliphatic heterocycles. The predicted molar refractivity (Wildman–Crippen MR) is 95.0 cm³/mol. The van der Waals surface area contributed by atoms with E-state index in [1.165, 1.54) is 31.5 Å². The largest absolute Gasteiger partial charge is 0.493 e. The lowest BCUT2D eigenvalue weighted by Crippen LogP contribution is -2.24. The molecule has 0 bridgehead atoms. The molecule has 1 N–H and O–H groups in total. The van der Waals surface area contributed by atoms with Crippen LogP contribution in [0.15, 0.2) is 52.0 Å². The molecule has 2 aromatic carbocycles. The average Bonchev–Trinajstić information content (AvgIpc) is 2.60. The first-order valence-electron chi connectivity index (χ1n) is 7.02. The van der Waals surface area contributed by atoms with Crippen molar-refractivity contribution < 1.29 is 19.2 Å². The zero-order chi connectivity index (χ0) is 18.2. The second-order valence-electron chi connectivity index (χ2n) is 4.73. The van der Waals surface area contributed by atoms with Crippen LogP contribution in [0.4, 0.5) is 5.69 Å². The Kier molecular flexibility index (Phi) is 6.47. The average molecular weight is 408 g/mol. The molecule has 0 fully saturated rings. The molecule has 0 spiro atoms. The van der Waals surface area contributed by atoms with Crippen molar-refractivity contribution in [1.82, 2.24) is 5.43 Å². The fraction of sp³-hybridized carbons (Fsp3) is 0.125. The van der Waals surface area contributed by atoms with Crippen molar-refractivity contribution in [2.24, 2.45) is 5.10 Å². The Bertz CT molecular complexity index is 810. The van der Waals surface area contributed by atoms with Crippen molar-refractivity contribution in [2.75, 3.05) is 13.7 Å². The van der Waals surface area contributed by atoms with Gasteiger partial charge in [0, 0.05) is 22.2 Å². The molecular weight excluding hydrogens is 394 g/mol. The fourth-order valence-electron chi connectivity index (χ4n) is 1.83. The molecule has 0 radical (unpaired) electrons. The van der Waals surface area contributed by atoms with Gasteiger partial charge in [-0.3, -0.25) is 14.9 Å². The summed E-state index contributed by atoms with van der Waals surface area (Å²) in [6, 6.07) is 11.0. The number of amides is 1. The van der Waals surface area contributed by atoms with Crippen molar-refractivity contribution in [3.63, 3.8) is 0 Å². The first-order chi connectivity index (χ1) is 12.0. The smallest absolute Gasteiger partial charge is 0.277 e. The van der Waals surface area contributed by atoms with Crippen LogP contribution in [0.25, 0.3) is 0 Å². The summed E-state index contributed by atoms with van der Waals surface area (Å²) in [5, 5.41) is 14.4. The number of nitrogens with one attached hydrogen (secondary N) is 1. The number of carbonyl (C=O) groups excluding carboxylic acids is 1. The van der Waals surface area contributed by atoms with Gasteiger partial charge in [-0.25, -0.2) is 5.43 Å². The van der Waals surface area contributed by atoms with E-state index in [4.69, 9.17) is 9.47 Å². The molecule has 0 aliphatic carbocycles. The maximum atomic E-state index is 11.7. The number of nitro groups is 1. The van der Waals surface area contributed by atoms with Gasteiger partial charge in [-0.1, -0.05) is 28.1 Å². The highest BCUT2D eigenvalue weighted by atomic mass is 79.9. The van der Waals surface area contributed by atoms with Crippen LogP contribution in [0.3, 0.4) is 0 Å². The van der Waals surface area contributed by atoms with Crippen LogP contribution in [-0.4, -0.2) is 30.8 Å². The van der Waals surface area contributed by atoms with E-state index in [0.717, 1.165) is 4.47 Å². The Morgan fingerprint density at radius 1 is 1.32 bits per heavy atom. The summed E-state index contributed by atoms with van der Waals surface area (Å²) in [6.45, 7) is -0.260. The van der Waals surface area contributed by atoms with Gasteiger partial charge < -0.3 is 9.47 Å². The molecule has 0 atom stereocenters. The van der Waals surface area contributed by atoms with E-state index in [1.807, 2.05) is 0 Å². The Morgan fingerprint density at radius 3 is 2.84 bits per heavy atom. The molecule has 0 saturated carbocycles. The number of ether oxygens (including phenoxy) is 2. The first kappa shape index (κ1) is 18.4. The molecule has 8 nitrogen and oxygen atoms in total. The molecule has 0 aromatic heterocycles. The summed E-state index contributed by atoms with van der Waals surface area (Å²) >= 11 is 3.31. The highest BCUT2D eigenvalue weighted by molar-refractivity contribution is 9.10. The van der Waals surface area contributed by atoms with Crippen molar-refractivity contribution in [3.05, 3.63) is 62.6 Å². The summed E-state index contributed by atoms with van der Waals surface area (Å²) in [7, 11) is 1.50. The lowest BCUT2D eigenvalue weighted by Gasteiger charge is -2.10. The van der Waals surface area contributed by atoms with E-state index in [2.05, 4.69) is 26.5 Å². The number of rotatable bonds is 7. The van der Waals surface area contributed by atoms with E-state index in [0.29, 0.717) is 17.1 Å². The van der Waals surface area contributed by atoms with Crippen LogP contribution >= 0.6 is 15.9 Å². The molecule has 130 valence electrons. The number of nitrogens with zero attached hydrogens (tertiary/aromatic N) is 2. The van der Waals surface area contributed by atoms with Gasteiger partial charge in [0.05, 0.1) is 18.2 Å². The lowest BCUT2D eigenvalue weighted by molar-refractivity contribution is -0.384. The van der Waals surface area contributed by atoms with Crippen LogP contribution in [0.2, 0.25) is 0 Å². The number of hydrazone groups is 1. The van der Waals surface area contributed by atoms with Gasteiger partial charge in [0.25, 0.3) is 11.6 Å². The number of halogens is 1. The number of hydrogen-bond donors (Lipinski definition) is 1. The fourth-order valence-corrected chi connectivity index (χ4v) is 2.17. The molecule has 0 heterocycles. The van der Waals surface area contributed by atoms with Crippen molar-refractivity contribution in [1.29, 1.82) is 0 Å². The molecule has 0 aliphatic rings. The number of methoxy groups -OCH3 is 1. The minimum atomic E-state index is -0.505. The second-order valence-corrected chi connectivity index (χ2v) is 5.64. The number of benzene rings is 2. The van der Waals surface area contributed by atoms with Gasteiger partial charge >= 0.3 is 0 Å². The van der Waals surface area contributed by atoms with E-state index >= 15 is 0 Å². The van der Waals surface area contributed by atoms with Crippen molar-refractivity contribution in [2.45, 2.75) is 0 Å². The van der Waals surface area contributed by atoms with E-state index in [9.17, 15) is 14.9 Å². The molecule has 0 saturated heterocycles. The van der Waals surface area contributed by atoms with Crippen molar-refractivity contribution >= 4 is 33.7 Å². The third kappa shape index (κ3) is 5.57. The van der Waals surface area contributed by atoms with Gasteiger partial charge in [0.15, 0.2) is 18.1 Å². The summed E-state index contributed by atoms with van der Waals surface area (Å²) < 4.78 is 11.4. The minimum Gasteiger partial charge on any atom is -0.493 e. The van der Waals surface area contributed by atoms with Gasteiger partial charge in [-0.05, 0) is 18.2 Å². The zero-order valence-corrected chi connectivity index (χ0v) is 14.7. The third-order valence-corrected chi connectivity index (χ3v) is 3.46. The standard InChI is InChI=1S/C16H14BrN3O5/c1-24-15-8-12(17)5-6-14(15)25-10-16(21)19-18-9-11-3-2-4-13(7-11)20(22)23/h2-9H,10H2,1H3,(H,19,21)/b18-9-. The monoisotopic (exact) mass is 407 g/mol. The van der Waals surface area contributed by atoms with Gasteiger partial charge in [0.2, 0.25) is 0 Å². The van der Waals surface area contributed by atoms with E-state index < -0.39 is 10.8 Å². The molecule has 0 unspecified atom stereocenters. The third-order valence-electron chi connectivity index (χ3n) is 2.97. The quantitative estimate of drug-likeness (QED) is 0.431. The van der Waals surface area contributed by atoms with Crippen LogP contribution in [0.1, 0.15) is 5.56 Å². The number of carbonyl (C=O) groups is 1. The van der Waals surface area contributed by atoms with Crippen molar-refractivity contribution in [3.8, 4) is 11.5 Å². The SMILES string of the molecule is COc1cc(Br)ccc1OCC(=O)N/N=C\c1cccc([N+](=O)[O-])c1. The highest BCUT2D eigenvalue weighted by Gasteiger charge is 2.08. The van der Waals surface area contributed by atoms with Gasteiger partial charge in [0.1, 0.15) is 0 Å². The Labute approximate surface area is 151 Å². The van der Waals surface area contributed by atoms with Crippen LogP contribution in [0, 0.1) is 10.1 Å². The number of hydrogen-bond acceptors (Lipinski definition) is 6. The molecule has 2 rings (SSSR count). The maximum Gasteiger partial charge on any atom is 0.277 e. The number of nitro benzene ring substituents is 1. The molecule has 2 aromatic rings. The Hall–Kier alpha value is -2.94. The molecule has 25 heavy (non-hydrogen) atoms. The lowest BCUT2D eigenvalue weighted by atomic mass is 10.2. The summed E-state index contributed by atoms with van der Waals surface area (Å²) in [6.07, 6.45) is 1.31. The van der Waals surface area contributed by atoms with Gasteiger partial charge in [-0.15, -0.1) is 0 Å². The van der Waals surface area contributed by atoms with Gasteiger partial charge in [-0.2, -0.15) is 5.10 Å². The van der Waals surface area contributed by atoms with Crippen LogP contribution in [-0.2, 0) is 4.79 Å². The maximum absolute atomic E-state index is 11.7. The molecular formula is C16H14BrN3O5. The van der Waals surface area contributed by atoms with Crippen LogP contribution in [0.5, 0.6) is 11.5 Å². The summed E-state index contributed by atoms with van der Waals surface area (Å²) in [5.41, 5.74) is 2.72. The predicted octanol–water partition coefficient (Wildman–Crippen LogP) is 2.90. The summed E-state index contributed by atoms with van der Waals surface area (Å²) in [5.74, 6) is 0.428. The highest BCUT2D eigenvalue weighted by Crippen LogP contribution is 2.29. The minimum absolute atomic E-state index is 0.0547. The van der Waals surface area contributed by atoms with Crippen LogP contribution < -0.4 is 14.9 Å². The Balaban J connectivity index is 1.89. The first-order valence-corrected chi connectivity index (χ1v) is 7.81. The normalized spacial score (nSPS) is 10.5. The second kappa shape index (κ2) is 8.78. The topological polar surface area (TPSA) is 103 Å². The molecule has 9 heteroatoms.